The molecule has 0 aliphatic rings. The smallest absolute Gasteiger partial charge is 0.289 e. The van der Waals surface area contributed by atoms with Crippen molar-refractivity contribution in [2.24, 2.45) is 10.2 Å². The van der Waals surface area contributed by atoms with E-state index in [-0.39, 0.29) is 42.9 Å². The first kappa shape index (κ1) is 16.8. The van der Waals surface area contributed by atoms with Crippen LogP contribution in [0.2, 0.25) is 20.1 Å². The normalized spacial score (nSPS) is 11.1. The van der Waals surface area contributed by atoms with Crippen LogP contribution in [0, 0.1) is 10.1 Å². The predicted octanol–water partition coefficient (Wildman–Crippen LogP) is 6.33. The van der Waals surface area contributed by atoms with Crippen LogP contribution in [0.25, 0.3) is 0 Å². The van der Waals surface area contributed by atoms with Gasteiger partial charge >= 0.3 is 0 Å². The highest BCUT2D eigenvalue weighted by molar-refractivity contribution is 6.37. The summed E-state index contributed by atoms with van der Waals surface area (Å²) in [5, 5.41) is 27.8. The summed E-state index contributed by atoms with van der Waals surface area (Å²) in [6.07, 6.45) is 0. The van der Waals surface area contributed by atoms with Gasteiger partial charge in [-0.05, 0) is 12.1 Å². The molecule has 0 heterocycles. The fourth-order valence-electron chi connectivity index (χ4n) is 1.45. The Morgan fingerprint density at radius 2 is 1.36 bits per heavy atom. The highest BCUT2D eigenvalue weighted by atomic mass is 35.5. The maximum atomic E-state index is 10.7. The van der Waals surface area contributed by atoms with E-state index in [4.69, 9.17) is 46.4 Å². The maximum Gasteiger partial charge on any atom is 0.289 e. The second-order valence-corrected chi connectivity index (χ2v) is 5.60. The average molecular weight is 381 g/mol. The zero-order chi connectivity index (χ0) is 16.4. The molecule has 1 N–H and O–H groups in total. The van der Waals surface area contributed by atoms with Crippen LogP contribution >= 0.6 is 46.4 Å². The van der Waals surface area contributed by atoms with E-state index in [1.54, 1.807) is 0 Å². The highest BCUT2D eigenvalue weighted by Crippen LogP contribution is 2.38. The molecule has 0 unspecified atom stereocenters. The number of nitrogens with zero attached hydrogens (tertiary/aromatic N) is 3. The van der Waals surface area contributed by atoms with E-state index >= 15 is 0 Å². The van der Waals surface area contributed by atoms with Crippen molar-refractivity contribution in [3.8, 4) is 5.75 Å². The summed E-state index contributed by atoms with van der Waals surface area (Å²) in [6, 6.07) is 4.80. The van der Waals surface area contributed by atoms with Crippen molar-refractivity contribution >= 4 is 63.5 Å². The van der Waals surface area contributed by atoms with Gasteiger partial charge < -0.3 is 5.11 Å². The number of rotatable bonds is 3. The Morgan fingerprint density at radius 3 is 1.91 bits per heavy atom. The van der Waals surface area contributed by atoms with Gasteiger partial charge in [0, 0.05) is 12.1 Å². The Hall–Kier alpha value is -1.60. The molecule has 0 bridgehead atoms. The van der Waals surface area contributed by atoms with Crippen molar-refractivity contribution in [1.82, 2.24) is 0 Å². The number of hydrogen-bond acceptors (Lipinski definition) is 5. The average Bonchev–Trinajstić information content (AvgIpc) is 2.44. The molecule has 22 heavy (non-hydrogen) atoms. The van der Waals surface area contributed by atoms with Crippen LogP contribution < -0.4 is 0 Å². The predicted molar refractivity (Wildman–Crippen MR) is 85.4 cm³/mol. The third kappa shape index (κ3) is 3.59. The van der Waals surface area contributed by atoms with Crippen LogP contribution in [0.1, 0.15) is 0 Å². The summed E-state index contributed by atoms with van der Waals surface area (Å²) >= 11 is 23.3. The van der Waals surface area contributed by atoms with E-state index in [1.165, 1.54) is 18.2 Å². The Kier molecular flexibility index (Phi) is 5.08. The summed E-state index contributed by atoms with van der Waals surface area (Å²) in [5.74, 6) is -0.193. The first-order chi connectivity index (χ1) is 10.3. The third-order valence-corrected chi connectivity index (χ3v) is 3.71. The van der Waals surface area contributed by atoms with Gasteiger partial charge in [0.05, 0.1) is 20.0 Å². The first-order valence-electron chi connectivity index (χ1n) is 5.52. The number of nitro benzene ring substituents is 1. The number of azo groups is 1. The lowest BCUT2D eigenvalue weighted by Gasteiger charge is -2.02. The minimum Gasteiger partial charge on any atom is -0.506 e. The van der Waals surface area contributed by atoms with Crippen LogP contribution in [0.3, 0.4) is 0 Å². The lowest BCUT2D eigenvalue weighted by Crippen LogP contribution is -1.88. The molecular formula is C12H5Cl4N3O3. The number of hydrogen-bond donors (Lipinski definition) is 1. The van der Waals surface area contributed by atoms with Gasteiger partial charge in [0.15, 0.2) is 0 Å². The van der Waals surface area contributed by atoms with E-state index in [0.717, 1.165) is 6.07 Å². The number of benzene rings is 2. The molecule has 0 aromatic heterocycles. The second kappa shape index (κ2) is 6.66. The van der Waals surface area contributed by atoms with Crippen LogP contribution in [0.15, 0.2) is 34.5 Å². The molecule has 0 saturated carbocycles. The number of nitro groups is 1. The number of aromatic hydroxyl groups is 1. The molecular weight excluding hydrogens is 376 g/mol. The monoisotopic (exact) mass is 379 g/mol. The molecule has 0 aliphatic heterocycles. The summed E-state index contributed by atoms with van der Waals surface area (Å²) in [5.41, 5.74) is -0.0242. The fraction of sp³-hybridized carbons (Fsp3) is 0. The van der Waals surface area contributed by atoms with Gasteiger partial charge in [0.25, 0.3) is 5.69 Å². The largest absolute Gasteiger partial charge is 0.506 e. The van der Waals surface area contributed by atoms with Gasteiger partial charge in [-0.25, -0.2) is 0 Å². The van der Waals surface area contributed by atoms with Crippen molar-refractivity contribution in [2.45, 2.75) is 0 Å². The van der Waals surface area contributed by atoms with Crippen molar-refractivity contribution < 1.29 is 10.0 Å². The van der Waals surface area contributed by atoms with Gasteiger partial charge in [-0.1, -0.05) is 46.4 Å². The molecule has 2 rings (SSSR count). The zero-order valence-electron chi connectivity index (χ0n) is 10.4. The molecule has 0 spiro atoms. The molecule has 0 fully saturated rings. The number of halogens is 4. The Morgan fingerprint density at radius 1 is 0.864 bits per heavy atom. The molecule has 114 valence electrons. The van der Waals surface area contributed by atoms with Gasteiger partial charge in [0.2, 0.25) is 0 Å². The summed E-state index contributed by atoms with van der Waals surface area (Å²) in [4.78, 5) is 10.1. The standard InChI is InChI=1S/C12H5Cl4N3O3/c13-5-3-11(19(21)22)7(15)1-9(5)17-18-10-2-8(16)12(20)4-6(10)14/h1-4,20H. The Labute approximate surface area is 144 Å². The first-order valence-corrected chi connectivity index (χ1v) is 7.04. The van der Waals surface area contributed by atoms with Crippen LogP contribution in [0.5, 0.6) is 5.75 Å². The maximum absolute atomic E-state index is 10.7. The van der Waals surface area contributed by atoms with Gasteiger partial charge in [-0.15, -0.1) is 10.2 Å². The van der Waals surface area contributed by atoms with Crippen LogP contribution in [-0.4, -0.2) is 10.0 Å². The summed E-state index contributed by atoms with van der Waals surface area (Å²) in [7, 11) is 0. The van der Waals surface area contributed by atoms with Crippen molar-refractivity contribution in [3.05, 3.63) is 54.5 Å². The number of phenols is 1. The summed E-state index contributed by atoms with van der Waals surface area (Å²) < 4.78 is 0. The Balaban J connectivity index is 2.41. The van der Waals surface area contributed by atoms with Crippen molar-refractivity contribution in [3.63, 3.8) is 0 Å². The fourth-order valence-corrected chi connectivity index (χ4v) is 2.23. The van der Waals surface area contributed by atoms with Gasteiger partial charge in [-0.2, -0.15) is 0 Å². The van der Waals surface area contributed by atoms with Crippen molar-refractivity contribution in [1.29, 1.82) is 0 Å². The summed E-state index contributed by atoms with van der Waals surface area (Å²) in [6.45, 7) is 0. The minimum atomic E-state index is -0.661. The lowest BCUT2D eigenvalue weighted by atomic mass is 10.3. The van der Waals surface area contributed by atoms with Crippen molar-refractivity contribution in [2.75, 3.05) is 0 Å². The lowest BCUT2D eigenvalue weighted by molar-refractivity contribution is -0.384. The topological polar surface area (TPSA) is 88.1 Å². The van der Waals surface area contributed by atoms with E-state index in [0.29, 0.717) is 0 Å². The highest BCUT2D eigenvalue weighted by Gasteiger charge is 2.16. The molecule has 0 aliphatic carbocycles. The van der Waals surface area contributed by atoms with Gasteiger partial charge in [0.1, 0.15) is 22.1 Å². The molecule has 0 atom stereocenters. The minimum absolute atomic E-state index is 0.000785. The molecule has 0 radical (unpaired) electrons. The zero-order valence-corrected chi connectivity index (χ0v) is 13.5. The second-order valence-electron chi connectivity index (χ2n) is 3.97. The van der Waals surface area contributed by atoms with E-state index in [1.807, 2.05) is 0 Å². The molecule has 0 saturated heterocycles. The molecule has 10 heteroatoms. The SMILES string of the molecule is O=[N+]([O-])c1cc(Cl)c(N=Nc2cc(Cl)c(O)cc2Cl)cc1Cl. The Bertz CT molecular complexity index is 796. The third-order valence-electron chi connectivity index (χ3n) is 2.49. The number of phenolic OH excluding ortho intramolecular Hbond substituents is 1. The quantitative estimate of drug-likeness (QED) is 0.383. The molecule has 6 nitrogen and oxygen atoms in total. The van der Waals surface area contributed by atoms with Crippen LogP contribution in [-0.2, 0) is 0 Å². The van der Waals surface area contributed by atoms with E-state index < -0.39 is 4.92 Å². The molecule has 2 aromatic rings. The van der Waals surface area contributed by atoms with E-state index in [2.05, 4.69) is 10.2 Å². The van der Waals surface area contributed by atoms with Gasteiger partial charge in [-0.3, -0.25) is 10.1 Å². The van der Waals surface area contributed by atoms with E-state index in [9.17, 15) is 15.2 Å². The molecule has 0 amide bonds. The molecule has 2 aromatic carbocycles. The van der Waals surface area contributed by atoms with Crippen LogP contribution in [0.4, 0.5) is 17.1 Å².